The van der Waals surface area contributed by atoms with Crippen molar-refractivity contribution >= 4 is 40.3 Å². The highest BCUT2D eigenvalue weighted by Gasteiger charge is 2.34. The Labute approximate surface area is 166 Å². The quantitative estimate of drug-likeness (QED) is 0.741. The molecule has 2 fully saturated rings. The summed E-state index contributed by atoms with van der Waals surface area (Å²) < 4.78 is 37.3. The minimum atomic E-state index is -3.40. The van der Waals surface area contributed by atoms with Gasteiger partial charge >= 0.3 is 0 Å². The van der Waals surface area contributed by atoms with Gasteiger partial charge in [-0.05, 0) is 31.2 Å². The van der Waals surface area contributed by atoms with E-state index < -0.39 is 21.3 Å². The lowest BCUT2D eigenvalue weighted by Gasteiger charge is -2.39. The van der Waals surface area contributed by atoms with Crippen LogP contribution in [0.5, 0.6) is 0 Å². The maximum atomic E-state index is 14.3. The highest BCUT2D eigenvalue weighted by molar-refractivity contribution is 7.90. The molecule has 0 radical (unpaired) electrons. The lowest BCUT2D eigenvalue weighted by Crippen LogP contribution is -2.52. The predicted molar refractivity (Wildman–Crippen MR) is 105 cm³/mol. The molecule has 0 aromatic heterocycles. The molecule has 2 aliphatic rings. The first-order valence-corrected chi connectivity index (χ1v) is 10.1. The monoisotopic (exact) mass is 429 g/mol. The van der Waals surface area contributed by atoms with Gasteiger partial charge in [-0.3, -0.25) is 4.90 Å². The molecule has 1 unspecified atom stereocenters. The Kier molecular flexibility index (Phi) is 8.13. The summed E-state index contributed by atoms with van der Waals surface area (Å²) in [6.45, 7) is 4.88. The summed E-state index contributed by atoms with van der Waals surface area (Å²) in [6.07, 6.45) is 1.83. The molecule has 150 valence electrons. The first-order chi connectivity index (χ1) is 11.3. The zero-order valence-electron chi connectivity index (χ0n) is 14.6. The molecular formula is C16H26Cl2FN3O3S. The van der Waals surface area contributed by atoms with Crippen LogP contribution in [0.3, 0.4) is 0 Å². The van der Waals surface area contributed by atoms with Crippen LogP contribution in [0.4, 0.5) is 10.1 Å². The van der Waals surface area contributed by atoms with E-state index in [1.54, 1.807) is 0 Å². The molecule has 1 aromatic carbocycles. The van der Waals surface area contributed by atoms with E-state index in [1.165, 1.54) is 12.1 Å². The van der Waals surface area contributed by atoms with Crippen molar-refractivity contribution in [3.05, 3.63) is 24.0 Å². The van der Waals surface area contributed by atoms with Crippen LogP contribution >= 0.6 is 24.8 Å². The molecule has 2 heterocycles. The Balaban J connectivity index is 0.00000169. The van der Waals surface area contributed by atoms with Crippen molar-refractivity contribution in [1.82, 2.24) is 10.2 Å². The van der Waals surface area contributed by atoms with Crippen LogP contribution in [-0.2, 0) is 9.84 Å². The molecule has 0 spiro atoms. The van der Waals surface area contributed by atoms with Crippen LogP contribution < -0.4 is 10.2 Å². The van der Waals surface area contributed by atoms with Crippen LogP contribution in [0.1, 0.15) is 6.42 Å². The number of benzene rings is 1. The van der Waals surface area contributed by atoms with Gasteiger partial charge in [-0.2, -0.15) is 0 Å². The fourth-order valence-corrected chi connectivity index (χ4v) is 4.04. The molecule has 0 amide bonds. The molecule has 26 heavy (non-hydrogen) atoms. The molecule has 1 atom stereocenters. The van der Waals surface area contributed by atoms with E-state index in [-0.39, 0.29) is 29.7 Å². The first kappa shape index (κ1) is 23.4. The molecular weight excluding hydrogens is 404 g/mol. The van der Waals surface area contributed by atoms with Crippen LogP contribution in [0.25, 0.3) is 0 Å². The highest BCUT2D eigenvalue weighted by Crippen LogP contribution is 2.25. The second-order valence-corrected chi connectivity index (χ2v) is 8.82. The number of aliphatic hydroxyl groups is 1. The predicted octanol–water partition coefficient (Wildman–Crippen LogP) is 0.919. The van der Waals surface area contributed by atoms with Crippen molar-refractivity contribution < 1.29 is 17.9 Å². The molecule has 2 saturated heterocycles. The topological polar surface area (TPSA) is 72.9 Å². The normalized spacial score (nSPS) is 24.0. The van der Waals surface area contributed by atoms with Gasteiger partial charge < -0.3 is 15.3 Å². The van der Waals surface area contributed by atoms with E-state index in [0.717, 1.165) is 38.4 Å². The van der Waals surface area contributed by atoms with Crippen molar-refractivity contribution in [2.45, 2.75) is 16.9 Å². The standard InChI is InChI=1S/C16H24FN3O3S.2ClH/c1-24(22,23)13-2-3-15(14(17)10-13)20-8-6-19(7-9-20)12-16(21)4-5-18-11-16;;/h2-3,10,18,21H,4-9,11-12H2,1H3;2*1H. The number of hydrogen-bond acceptors (Lipinski definition) is 6. The fraction of sp³-hybridized carbons (Fsp3) is 0.625. The van der Waals surface area contributed by atoms with Gasteiger partial charge in [0, 0.05) is 45.5 Å². The highest BCUT2D eigenvalue weighted by atomic mass is 35.5. The smallest absolute Gasteiger partial charge is 0.175 e. The average molecular weight is 430 g/mol. The van der Waals surface area contributed by atoms with Gasteiger partial charge in [0.15, 0.2) is 9.84 Å². The van der Waals surface area contributed by atoms with Crippen molar-refractivity contribution in [2.75, 3.05) is 57.0 Å². The minimum Gasteiger partial charge on any atom is -0.387 e. The summed E-state index contributed by atoms with van der Waals surface area (Å²) in [5.74, 6) is -0.509. The van der Waals surface area contributed by atoms with Crippen molar-refractivity contribution in [3.8, 4) is 0 Å². The number of nitrogens with zero attached hydrogens (tertiary/aromatic N) is 2. The van der Waals surface area contributed by atoms with Crippen molar-refractivity contribution in [2.24, 2.45) is 0 Å². The summed E-state index contributed by atoms with van der Waals surface area (Å²) in [5.41, 5.74) is -0.229. The molecule has 0 bridgehead atoms. The largest absolute Gasteiger partial charge is 0.387 e. The number of nitrogens with one attached hydrogen (secondary N) is 1. The molecule has 2 N–H and O–H groups in total. The van der Waals surface area contributed by atoms with Crippen LogP contribution in [0.2, 0.25) is 0 Å². The first-order valence-electron chi connectivity index (χ1n) is 8.17. The fourth-order valence-electron chi connectivity index (χ4n) is 3.40. The summed E-state index contributed by atoms with van der Waals surface area (Å²) in [4.78, 5) is 4.12. The second kappa shape index (κ2) is 9.03. The van der Waals surface area contributed by atoms with Gasteiger partial charge in [0.25, 0.3) is 0 Å². The molecule has 1 aromatic rings. The van der Waals surface area contributed by atoms with Crippen molar-refractivity contribution in [3.63, 3.8) is 0 Å². The maximum Gasteiger partial charge on any atom is 0.175 e. The Hall–Kier alpha value is -0.640. The second-order valence-electron chi connectivity index (χ2n) is 6.80. The summed E-state index contributed by atoms with van der Waals surface area (Å²) in [6, 6.07) is 4.08. The van der Waals surface area contributed by atoms with Gasteiger partial charge in [-0.25, -0.2) is 12.8 Å². The van der Waals surface area contributed by atoms with Crippen LogP contribution in [-0.4, -0.2) is 76.1 Å². The SMILES string of the molecule is CS(=O)(=O)c1ccc(N2CCN(CC3(O)CCNC3)CC2)c(F)c1.Cl.Cl. The molecule has 3 rings (SSSR count). The number of anilines is 1. The van der Waals surface area contributed by atoms with E-state index >= 15 is 0 Å². The average Bonchev–Trinajstić information content (AvgIpc) is 2.93. The van der Waals surface area contributed by atoms with E-state index in [4.69, 9.17) is 0 Å². The summed E-state index contributed by atoms with van der Waals surface area (Å²) >= 11 is 0. The zero-order valence-corrected chi connectivity index (χ0v) is 17.1. The number of halogens is 3. The van der Waals surface area contributed by atoms with Gasteiger partial charge in [-0.15, -0.1) is 24.8 Å². The molecule has 2 aliphatic heterocycles. The molecule has 6 nitrogen and oxygen atoms in total. The molecule has 10 heteroatoms. The van der Waals surface area contributed by atoms with Crippen molar-refractivity contribution in [1.29, 1.82) is 0 Å². The third-order valence-corrected chi connectivity index (χ3v) is 5.91. The Morgan fingerprint density at radius 1 is 1.23 bits per heavy atom. The van der Waals surface area contributed by atoms with E-state index in [2.05, 4.69) is 10.2 Å². The number of rotatable bonds is 4. The Bertz CT molecular complexity index is 707. The van der Waals surface area contributed by atoms with Gasteiger partial charge in [0.2, 0.25) is 0 Å². The zero-order chi connectivity index (χ0) is 17.4. The number of sulfone groups is 1. The van der Waals surface area contributed by atoms with E-state index in [1.807, 2.05) is 4.90 Å². The summed E-state index contributed by atoms with van der Waals surface area (Å²) in [5, 5.41) is 13.6. The number of piperazine rings is 1. The lowest BCUT2D eigenvalue weighted by molar-refractivity contribution is 0.0193. The Morgan fingerprint density at radius 2 is 1.88 bits per heavy atom. The Morgan fingerprint density at radius 3 is 2.38 bits per heavy atom. The maximum absolute atomic E-state index is 14.3. The van der Waals surface area contributed by atoms with Gasteiger partial charge in [0.05, 0.1) is 16.2 Å². The minimum absolute atomic E-state index is 0. The summed E-state index contributed by atoms with van der Waals surface area (Å²) in [7, 11) is -3.40. The molecule has 0 saturated carbocycles. The number of β-amino-alcohol motifs (C(OH)–C–C–N with tert-alkyl or cyclic N) is 1. The lowest BCUT2D eigenvalue weighted by atomic mass is 10.0. The van der Waals surface area contributed by atoms with E-state index in [0.29, 0.717) is 31.9 Å². The van der Waals surface area contributed by atoms with Crippen LogP contribution in [0, 0.1) is 5.82 Å². The van der Waals surface area contributed by atoms with Gasteiger partial charge in [-0.1, -0.05) is 0 Å². The third-order valence-electron chi connectivity index (χ3n) is 4.80. The molecule has 0 aliphatic carbocycles. The third kappa shape index (κ3) is 5.43. The van der Waals surface area contributed by atoms with E-state index in [9.17, 15) is 17.9 Å². The van der Waals surface area contributed by atoms with Gasteiger partial charge in [0.1, 0.15) is 5.82 Å². The van der Waals surface area contributed by atoms with Crippen LogP contribution in [0.15, 0.2) is 23.1 Å². The number of hydrogen-bond donors (Lipinski definition) is 2.